The number of ether oxygens (including phenoxy) is 1. The molecule has 1 aliphatic carbocycles. The predicted molar refractivity (Wildman–Crippen MR) is 123 cm³/mol. The number of esters is 1. The number of hydrogen-bond acceptors (Lipinski definition) is 7. The van der Waals surface area contributed by atoms with Crippen molar-refractivity contribution in [2.75, 3.05) is 31.5 Å². The Morgan fingerprint density at radius 3 is 2.58 bits per heavy atom. The molecule has 33 heavy (non-hydrogen) atoms. The van der Waals surface area contributed by atoms with E-state index in [1.165, 1.54) is 11.3 Å². The lowest BCUT2D eigenvalue weighted by Gasteiger charge is -2.51. The molecule has 0 radical (unpaired) electrons. The van der Waals surface area contributed by atoms with Crippen LogP contribution in [0.1, 0.15) is 44.1 Å². The average molecular weight is 472 g/mol. The molecule has 1 amide bonds. The van der Waals surface area contributed by atoms with Crippen molar-refractivity contribution in [1.29, 1.82) is 0 Å². The highest BCUT2D eigenvalue weighted by atomic mass is 32.1. The fourth-order valence-corrected chi connectivity index (χ4v) is 6.69. The Morgan fingerprint density at radius 2 is 1.91 bits per heavy atom. The van der Waals surface area contributed by atoms with Gasteiger partial charge in [0.25, 0.3) is 5.91 Å². The molecule has 1 saturated carbocycles. The van der Waals surface area contributed by atoms with Gasteiger partial charge in [0.1, 0.15) is 6.54 Å². The van der Waals surface area contributed by atoms with Gasteiger partial charge < -0.3 is 14.3 Å². The van der Waals surface area contributed by atoms with Gasteiger partial charge in [-0.25, -0.2) is 14.8 Å². The normalized spacial score (nSPS) is 28.9. The molecule has 6 rings (SSSR count). The monoisotopic (exact) mass is 471 g/mol. The number of carbonyl (C=O) groups excluding carboxylic acids is 2. The quantitative estimate of drug-likeness (QED) is 0.476. The summed E-state index contributed by atoms with van der Waals surface area (Å²) in [7, 11) is 0. The fraction of sp³-hybridized carbons (Fsp3) is 0.583. The van der Waals surface area contributed by atoms with Crippen LogP contribution < -0.4 is 5.32 Å². The summed E-state index contributed by atoms with van der Waals surface area (Å²) in [5.41, 5.74) is -0.938. The van der Waals surface area contributed by atoms with Crippen molar-refractivity contribution in [2.45, 2.75) is 50.2 Å². The van der Waals surface area contributed by atoms with Gasteiger partial charge in [-0.15, -0.1) is 0 Å². The number of anilines is 1. The van der Waals surface area contributed by atoms with E-state index in [1.54, 1.807) is 18.5 Å². The third kappa shape index (κ3) is 4.41. The standard InChI is InChI=1S/C24H30N4O4S/c29-21(27-23-25-9-3-10-26-23)15-28-11-6-17(7-12-28)20(14-28)32-22(30)24(31,18-4-1-2-5-18)19-8-13-33-16-19/h3,8-10,13,16-18,20,31H,1-2,4-7,11-12,14-15H2/p+1/t17?,20-,24?,28?/m0/s1. The van der Waals surface area contributed by atoms with Crippen LogP contribution in [-0.2, 0) is 19.9 Å². The molecule has 0 aromatic carbocycles. The van der Waals surface area contributed by atoms with Gasteiger partial charge in [0, 0.05) is 42.6 Å². The molecule has 3 aliphatic heterocycles. The Kier molecular flexibility index (Phi) is 6.20. The van der Waals surface area contributed by atoms with Gasteiger partial charge in [-0.2, -0.15) is 11.3 Å². The van der Waals surface area contributed by atoms with E-state index in [-0.39, 0.29) is 23.8 Å². The zero-order chi connectivity index (χ0) is 22.9. The van der Waals surface area contributed by atoms with Crippen LogP contribution in [0, 0.1) is 11.8 Å². The van der Waals surface area contributed by atoms with Crippen LogP contribution >= 0.6 is 11.3 Å². The van der Waals surface area contributed by atoms with Crippen molar-refractivity contribution in [3.8, 4) is 0 Å². The summed E-state index contributed by atoms with van der Waals surface area (Å²) in [6.07, 6.45) is 8.43. The molecule has 5 heterocycles. The van der Waals surface area contributed by atoms with Crippen molar-refractivity contribution in [3.63, 3.8) is 0 Å². The Bertz CT molecular complexity index is 972. The second kappa shape index (κ2) is 9.12. The van der Waals surface area contributed by atoms with E-state index < -0.39 is 11.6 Å². The van der Waals surface area contributed by atoms with E-state index in [0.717, 1.165) is 51.6 Å². The number of nitrogens with zero attached hydrogens (tertiary/aromatic N) is 3. The molecule has 1 unspecified atom stereocenters. The molecule has 2 aromatic rings. The number of hydrogen-bond donors (Lipinski definition) is 2. The zero-order valence-corrected chi connectivity index (χ0v) is 19.5. The first-order chi connectivity index (χ1) is 16.0. The number of piperidine rings is 3. The molecule has 9 heteroatoms. The van der Waals surface area contributed by atoms with Gasteiger partial charge in [0.15, 0.2) is 18.2 Å². The van der Waals surface area contributed by atoms with E-state index >= 15 is 0 Å². The van der Waals surface area contributed by atoms with Crippen LogP contribution in [0.3, 0.4) is 0 Å². The Morgan fingerprint density at radius 1 is 1.18 bits per heavy atom. The maximum Gasteiger partial charge on any atom is 0.343 e. The molecule has 4 aliphatic rings. The molecule has 2 N–H and O–H groups in total. The van der Waals surface area contributed by atoms with Crippen molar-refractivity contribution in [2.24, 2.45) is 11.8 Å². The zero-order valence-electron chi connectivity index (χ0n) is 18.7. The summed E-state index contributed by atoms with van der Waals surface area (Å²) in [4.78, 5) is 34.4. The molecule has 0 spiro atoms. The van der Waals surface area contributed by atoms with Crippen molar-refractivity contribution < 1.29 is 23.9 Å². The smallest absolute Gasteiger partial charge is 0.343 e. The van der Waals surface area contributed by atoms with E-state index in [4.69, 9.17) is 4.74 Å². The predicted octanol–water partition coefficient (Wildman–Crippen LogP) is 2.71. The van der Waals surface area contributed by atoms with E-state index in [9.17, 15) is 14.7 Å². The molecule has 8 nitrogen and oxygen atoms in total. The van der Waals surface area contributed by atoms with Crippen LogP contribution in [0.2, 0.25) is 0 Å². The number of nitrogens with one attached hydrogen (secondary N) is 1. The lowest BCUT2D eigenvalue weighted by molar-refractivity contribution is -0.939. The molecular weight excluding hydrogens is 440 g/mol. The Labute approximate surface area is 197 Å². The van der Waals surface area contributed by atoms with Crippen LogP contribution in [0.5, 0.6) is 0 Å². The molecule has 4 fully saturated rings. The maximum absolute atomic E-state index is 13.5. The van der Waals surface area contributed by atoms with Gasteiger partial charge in [-0.05, 0) is 35.7 Å². The van der Waals surface area contributed by atoms with Gasteiger partial charge in [-0.3, -0.25) is 10.1 Å². The topological polar surface area (TPSA) is 101 Å². The molecule has 3 saturated heterocycles. The van der Waals surface area contributed by atoms with Gasteiger partial charge in [-0.1, -0.05) is 12.8 Å². The van der Waals surface area contributed by atoms with E-state index in [1.807, 2.05) is 16.8 Å². The van der Waals surface area contributed by atoms with Gasteiger partial charge in [0.05, 0.1) is 13.1 Å². The molecule has 2 atom stereocenters. The summed E-state index contributed by atoms with van der Waals surface area (Å²) in [5.74, 6) is -0.183. The number of aliphatic hydroxyl groups is 1. The highest BCUT2D eigenvalue weighted by Gasteiger charge is 2.53. The second-order valence-corrected chi connectivity index (χ2v) is 10.6. The first kappa shape index (κ1) is 22.4. The number of aromatic nitrogens is 2. The first-order valence-corrected chi connectivity index (χ1v) is 12.8. The summed E-state index contributed by atoms with van der Waals surface area (Å²) >= 11 is 1.48. The number of carbonyl (C=O) groups is 2. The molecule has 2 aromatic heterocycles. The average Bonchev–Trinajstić information content (AvgIpc) is 3.54. The Balaban J connectivity index is 1.28. The first-order valence-electron chi connectivity index (χ1n) is 11.9. The summed E-state index contributed by atoms with van der Waals surface area (Å²) < 4.78 is 6.69. The second-order valence-electron chi connectivity index (χ2n) is 9.79. The highest BCUT2D eigenvalue weighted by Crippen LogP contribution is 2.43. The lowest BCUT2D eigenvalue weighted by atomic mass is 9.80. The summed E-state index contributed by atoms with van der Waals surface area (Å²) in [6, 6.07) is 3.54. The maximum atomic E-state index is 13.5. The van der Waals surface area contributed by atoms with Crippen LogP contribution in [-0.4, -0.2) is 63.7 Å². The minimum Gasteiger partial charge on any atom is -0.454 e. The lowest BCUT2D eigenvalue weighted by Crippen LogP contribution is -2.66. The number of amides is 1. The number of thiophene rings is 1. The SMILES string of the molecule is O=C(C[N+]12CCC(CC1)[C@@H](OC(=O)C(O)(c1ccsc1)C1CCCC1)C2)Nc1ncccn1. The number of rotatable bonds is 7. The minimum atomic E-state index is -1.59. The summed E-state index contributed by atoms with van der Waals surface area (Å²) in [5, 5.41) is 18.2. The summed E-state index contributed by atoms with van der Waals surface area (Å²) in [6.45, 7) is 2.68. The Hall–Kier alpha value is -2.36. The third-order valence-corrected chi connectivity index (χ3v) is 8.50. The van der Waals surface area contributed by atoms with E-state index in [2.05, 4.69) is 15.3 Å². The van der Waals surface area contributed by atoms with E-state index in [0.29, 0.717) is 29.1 Å². The van der Waals surface area contributed by atoms with Crippen molar-refractivity contribution in [3.05, 3.63) is 40.8 Å². The van der Waals surface area contributed by atoms with Crippen LogP contribution in [0.25, 0.3) is 0 Å². The van der Waals surface area contributed by atoms with Crippen LogP contribution in [0.15, 0.2) is 35.3 Å². The van der Waals surface area contributed by atoms with Crippen LogP contribution in [0.4, 0.5) is 5.95 Å². The third-order valence-electron chi connectivity index (χ3n) is 7.81. The highest BCUT2D eigenvalue weighted by molar-refractivity contribution is 7.08. The molecular formula is C24H31N4O4S+. The molecule has 176 valence electrons. The number of fused-ring (bicyclic) bond motifs is 3. The fourth-order valence-electron chi connectivity index (χ4n) is 5.98. The van der Waals surface area contributed by atoms with Crippen molar-refractivity contribution >= 4 is 29.2 Å². The van der Waals surface area contributed by atoms with Gasteiger partial charge >= 0.3 is 5.97 Å². The molecule has 2 bridgehead atoms. The minimum absolute atomic E-state index is 0.111. The van der Waals surface area contributed by atoms with Gasteiger partial charge in [0.2, 0.25) is 5.95 Å². The van der Waals surface area contributed by atoms with Crippen molar-refractivity contribution in [1.82, 2.24) is 9.97 Å². The largest absolute Gasteiger partial charge is 0.454 e. The number of quaternary nitrogens is 1.